The summed E-state index contributed by atoms with van der Waals surface area (Å²) in [6.45, 7) is 0. The van der Waals surface area contributed by atoms with Crippen molar-refractivity contribution in [2.45, 2.75) is 38.5 Å². The molecule has 0 aromatic heterocycles. The van der Waals surface area contributed by atoms with Crippen LogP contribution in [-0.2, 0) is 17.4 Å². The van der Waals surface area contributed by atoms with E-state index in [1.165, 1.54) is 38.5 Å². The molecule has 0 unspecified atom stereocenters. The van der Waals surface area contributed by atoms with Crippen molar-refractivity contribution >= 4 is 0 Å². The second-order valence-electron chi connectivity index (χ2n) is 2.12. The van der Waals surface area contributed by atoms with E-state index in [0.717, 1.165) is 0 Å². The van der Waals surface area contributed by atoms with Crippen LogP contribution in [-0.4, -0.2) is 0 Å². The molecule has 0 saturated heterocycles. The molecule has 0 radical (unpaired) electrons. The van der Waals surface area contributed by atoms with Gasteiger partial charge >= 0.3 is 0 Å². The smallest absolute Gasteiger partial charge is 0 e. The van der Waals surface area contributed by atoms with Crippen LogP contribution in [0.15, 0.2) is 0 Å². The number of hydrogen-bond donors (Lipinski definition) is 0. The zero-order chi connectivity index (χ0) is 4.24. The summed E-state index contributed by atoms with van der Waals surface area (Å²) >= 11 is 0. The fourth-order valence-corrected chi connectivity index (χ4v) is 1.06. The van der Waals surface area contributed by atoms with Crippen LogP contribution < -0.4 is 0 Å². The molecule has 0 aromatic rings. The maximum absolute atomic E-state index is 1.50. The topological polar surface area (TPSA) is 0 Å². The van der Waals surface area contributed by atoms with Crippen molar-refractivity contribution in [2.75, 3.05) is 0 Å². The van der Waals surface area contributed by atoms with Gasteiger partial charge in [-0.15, -0.1) is 0 Å². The summed E-state index contributed by atoms with van der Waals surface area (Å²) < 4.78 is 0. The van der Waals surface area contributed by atoms with Crippen molar-refractivity contribution in [1.29, 1.82) is 0 Å². The van der Waals surface area contributed by atoms with Crippen LogP contribution in [0.3, 0.4) is 0 Å². The van der Waals surface area contributed by atoms with Crippen molar-refractivity contribution < 1.29 is 17.4 Å². The van der Waals surface area contributed by atoms with E-state index in [4.69, 9.17) is 0 Å². The Balaban J connectivity index is 0.000000360. The molecule has 0 heterocycles. The minimum absolute atomic E-state index is 0. The molecule has 1 rings (SSSR count). The molecule has 7 heavy (non-hydrogen) atoms. The third-order valence-corrected chi connectivity index (χ3v) is 1.50. The Hall–Kier alpha value is 0.532. The summed E-state index contributed by atoms with van der Waals surface area (Å²) in [6, 6.07) is 0. The second-order valence-corrected chi connectivity index (χ2v) is 2.12. The predicted molar refractivity (Wildman–Crippen MR) is 27.7 cm³/mol. The Labute approximate surface area is 56.4 Å². The van der Waals surface area contributed by atoms with Gasteiger partial charge in [-0.3, -0.25) is 0 Å². The van der Waals surface area contributed by atoms with Crippen LogP contribution in [0.5, 0.6) is 0 Å². The molecule has 0 aromatic carbocycles. The third-order valence-electron chi connectivity index (χ3n) is 1.50. The van der Waals surface area contributed by atoms with E-state index in [1.54, 1.807) is 0 Å². The van der Waals surface area contributed by atoms with Crippen LogP contribution in [0.4, 0.5) is 0 Å². The van der Waals surface area contributed by atoms with E-state index in [-0.39, 0.29) is 17.4 Å². The first kappa shape index (κ1) is 7.53. The molecule has 0 N–H and O–H groups in total. The van der Waals surface area contributed by atoms with Crippen molar-refractivity contribution in [1.82, 2.24) is 0 Å². The van der Waals surface area contributed by atoms with Gasteiger partial charge < -0.3 is 0 Å². The Bertz CT molecular complexity index is 19.7. The molecule has 1 heteroatoms. The molecule has 1 fully saturated rings. The Kier molecular flexibility index (Phi) is 5.04. The largest absolute Gasteiger partial charge is 0.0533 e. The monoisotopic (exact) mass is 136 g/mol. The van der Waals surface area contributed by atoms with Gasteiger partial charge in [0, 0.05) is 17.4 Å². The molecule has 0 bridgehead atoms. The van der Waals surface area contributed by atoms with Gasteiger partial charge in [0.1, 0.15) is 0 Å². The Morgan fingerprint density at radius 1 is 0.429 bits per heavy atom. The molecule has 0 nitrogen and oxygen atoms in total. The fraction of sp³-hybridized carbons (Fsp3) is 1.00. The van der Waals surface area contributed by atoms with Crippen LogP contribution in [0.1, 0.15) is 38.5 Å². The van der Waals surface area contributed by atoms with Crippen molar-refractivity contribution in [3.63, 3.8) is 0 Å². The first-order valence-electron chi connectivity index (χ1n) is 3.00. The third kappa shape index (κ3) is 3.14. The number of hydrogen-bond acceptors (Lipinski definition) is 0. The van der Waals surface area contributed by atoms with Crippen molar-refractivity contribution in [3.8, 4) is 0 Å². The molecule has 42 valence electrons. The van der Waals surface area contributed by atoms with Gasteiger partial charge in [-0.05, 0) is 0 Å². The van der Waals surface area contributed by atoms with Gasteiger partial charge in [-0.25, -0.2) is 0 Å². The molecule has 1 aliphatic carbocycles. The van der Waals surface area contributed by atoms with Gasteiger partial charge in [0.05, 0.1) is 0 Å². The quantitative estimate of drug-likeness (QED) is 0.479. The molecule has 0 atom stereocenters. The van der Waals surface area contributed by atoms with E-state index in [2.05, 4.69) is 0 Å². The van der Waals surface area contributed by atoms with Crippen LogP contribution >= 0.6 is 0 Å². The van der Waals surface area contributed by atoms with E-state index in [9.17, 15) is 0 Å². The summed E-state index contributed by atoms with van der Waals surface area (Å²) in [5.41, 5.74) is 0. The predicted octanol–water partition coefficient (Wildman–Crippen LogP) is 2.34. The average Bonchev–Trinajstić information content (AvgIpc) is 1.72. The van der Waals surface area contributed by atoms with Crippen LogP contribution in [0, 0.1) is 0 Å². The molecular weight excluding hydrogens is 124 g/mol. The molecule has 0 amide bonds. The average molecular weight is 136 g/mol. The summed E-state index contributed by atoms with van der Waals surface area (Å²) in [6.07, 6.45) is 9.00. The van der Waals surface area contributed by atoms with E-state index < -0.39 is 0 Å². The standard InChI is InChI=1S/C6H12.Cr/c1-2-4-6-5-3-1;/h1-6H2;. The normalized spacial score (nSPS) is 20.6. The molecule has 1 aliphatic rings. The Morgan fingerprint density at radius 2 is 0.571 bits per heavy atom. The first-order chi connectivity index (χ1) is 3.00. The summed E-state index contributed by atoms with van der Waals surface area (Å²) in [4.78, 5) is 0. The van der Waals surface area contributed by atoms with Crippen LogP contribution in [0.25, 0.3) is 0 Å². The molecule has 0 spiro atoms. The minimum Gasteiger partial charge on any atom is -0.0533 e. The second kappa shape index (κ2) is 4.69. The van der Waals surface area contributed by atoms with E-state index in [1.807, 2.05) is 0 Å². The van der Waals surface area contributed by atoms with E-state index in [0.29, 0.717) is 0 Å². The molecule has 0 aliphatic heterocycles. The number of rotatable bonds is 0. The first-order valence-corrected chi connectivity index (χ1v) is 3.00. The maximum Gasteiger partial charge on any atom is 0 e. The zero-order valence-electron chi connectivity index (χ0n) is 4.65. The van der Waals surface area contributed by atoms with Crippen molar-refractivity contribution in [2.24, 2.45) is 0 Å². The van der Waals surface area contributed by atoms with Crippen LogP contribution in [0.2, 0.25) is 0 Å². The fourth-order valence-electron chi connectivity index (χ4n) is 1.06. The van der Waals surface area contributed by atoms with Gasteiger partial charge in [-0.1, -0.05) is 38.5 Å². The maximum atomic E-state index is 1.50. The van der Waals surface area contributed by atoms with Gasteiger partial charge in [-0.2, -0.15) is 0 Å². The zero-order valence-corrected chi connectivity index (χ0v) is 5.93. The van der Waals surface area contributed by atoms with Gasteiger partial charge in [0.15, 0.2) is 0 Å². The molecular formula is C6H12Cr. The van der Waals surface area contributed by atoms with Gasteiger partial charge in [0.2, 0.25) is 0 Å². The van der Waals surface area contributed by atoms with Gasteiger partial charge in [0.25, 0.3) is 0 Å². The molecule has 1 saturated carbocycles. The SMILES string of the molecule is C1CCCCC1.[Cr]. The summed E-state index contributed by atoms with van der Waals surface area (Å²) in [5, 5.41) is 0. The van der Waals surface area contributed by atoms with E-state index >= 15 is 0 Å². The van der Waals surface area contributed by atoms with Crippen molar-refractivity contribution in [3.05, 3.63) is 0 Å². The summed E-state index contributed by atoms with van der Waals surface area (Å²) in [5.74, 6) is 0. The summed E-state index contributed by atoms with van der Waals surface area (Å²) in [7, 11) is 0. The Morgan fingerprint density at radius 3 is 0.714 bits per heavy atom. The minimum atomic E-state index is 0.